The topological polar surface area (TPSA) is 66.8 Å². The summed E-state index contributed by atoms with van der Waals surface area (Å²) in [5, 5.41) is 8.97. The Morgan fingerprint density at radius 2 is 1.95 bits per heavy atom. The van der Waals surface area contributed by atoms with Gasteiger partial charge in [-0.2, -0.15) is 0 Å². The van der Waals surface area contributed by atoms with Crippen LogP contribution in [-0.2, 0) is 27.3 Å². The van der Waals surface area contributed by atoms with Gasteiger partial charge in [0.15, 0.2) is 0 Å². The van der Waals surface area contributed by atoms with Crippen molar-refractivity contribution in [2.45, 2.75) is 19.9 Å². The van der Waals surface area contributed by atoms with Crippen molar-refractivity contribution in [3.05, 3.63) is 35.4 Å². The predicted molar refractivity (Wildman–Crippen MR) is 77.7 cm³/mol. The molecule has 0 amide bonds. The normalized spacial score (nSPS) is 22.2. The molecule has 1 aliphatic rings. The number of carbonyl (C=O) groups excluding carboxylic acids is 1. The molecule has 1 fully saturated rings. The molecule has 5 nitrogen and oxygen atoms in total. The second-order valence-electron chi connectivity index (χ2n) is 5.64. The third-order valence-corrected chi connectivity index (χ3v) is 4.05. The summed E-state index contributed by atoms with van der Waals surface area (Å²) in [6, 6.07) is 7.57. The highest BCUT2D eigenvalue weighted by molar-refractivity contribution is 5.73. The van der Waals surface area contributed by atoms with Gasteiger partial charge in [-0.3, -0.25) is 14.5 Å². The first kappa shape index (κ1) is 15.5. The number of methoxy groups -OCH3 is 1. The van der Waals surface area contributed by atoms with Crippen molar-refractivity contribution < 1.29 is 19.4 Å². The average Bonchev–Trinajstić information content (AvgIpc) is 2.80. The van der Waals surface area contributed by atoms with Crippen LogP contribution in [0.15, 0.2) is 24.3 Å². The molecule has 1 saturated heterocycles. The van der Waals surface area contributed by atoms with Gasteiger partial charge in [-0.1, -0.05) is 31.2 Å². The number of aliphatic carboxylic acids is 1. The van der Waals surface area contributed by atoms with Crippen molar-refractivity contribution in [1.29, 1.82) is 0 Å². The number of rotatable bonds is 5. The summed E-state index contributed by atoms with van der Waals surface area (Å²) in [7, 11) is 1.42. The lowest BCUT2D eigenvalue weighted by Gasteiger charge is -2.17. The molecule has 0 spiro atoms. The van der Waals surface area contributed by atoms with Crippen LogP contribution in [0.5, 0.6) is 0 Å². The zero-order valence-corrected chi connectivity index (χ0v) is 12.4. The smallest absolute Gasteiger partial charge is 0.310 e. The first-order valence-corrected chi connectivity index (χ1v) is 7.10. The number of ether oxygens (including phenoxy) is 1. The number of hydrogen-bond donors (Lipinski definition) is 1. The lowest BCUT2D eigenvalue weighted by Crippen LogP contribution is -2.24. The number of carboxylic acid groups (broad SMARTS) is 1. The van der Waals surface area contributed by atoms with Crippen molar-refractivity contribution in [3.63, 3.8) is 0 Å². The highest BCUT2D eigenvalue weighted by atomic mass is 16.5. The van der Waals surface area contributed by atoms with Gasteiger partial charge < -0.3 is 9.84 Å². The molecule has 1 N–H and O–H groups in total. The molecule has 0 radical (unpaired) electrons. The Bertz CT molecular complexity index is 529. The Balaban J connectivity index is 2.06. The Morgan fingerprint density at radius 1 is 1.29 bits per heavy atom. The van der Waals surface area contributed by atoms with E-state index in [1.165, 1.54) is 7.11 Å². The van der Waals surface area contributed by atoms with E-state index in [-0.39, 0.29) is 24.2 Å². The van der Waals surface area contributed by atoms with E-state index in [0.29, 0.717) is 13.1 Å². The second kappa shape index (κ2) is 6.72. The van der Waals surface area contributed by atoms with Crippen LogP contribution >= 0.6 is 0 Å². The van der Waals surface area contributed by atoms with Gasteiger partial charge in [-0.05, 0) is 17.0 Å². The van der Waals surface area contributed by atoms with Crippen molar-refractivity contribution in [3.8, 4) is 0 Å². The van der Waals surface area contributed by atoms with Gasteiger partial charge in [0.1, 0.15) is 0 Å². The molecule has 21 heavy (non-hydrogen) atoms. The van der Waals surface area contributed by atoms with Crippen molar-refractivity contribution >= 4 is 11.9 Å². The Kier molecular flexibility index (Phi) is 4.96. The third-order valence-electron chi connectivity index (χ3n) is 4.05. The molecule has 114 valence electrons. The first-order valence-electron chi connectivity index (χ1n) is 7.10. The van der Waals surface area contributed by atoms with Gasteiger partial charge in [-0.25, -0.2) is 0 Å². The van der Waals surface area contributed by atoms with Crippen molar-refractivity contribution in [1.82, 2.24) is 4.90 Å². The fourth-order valence-electron chi connectivity index (χ4n) is 2.94. The summed E-state index contributed by atoms with van der Waals surface area (Å²) in [5.74, 6) is -0.834. The molecule has 0 bridgehead atoms. The molecule has 2 unspecified atom stereocenters. The third kappa shape index (κ3) is 3.82. The number of likely N-dealkylation sites (tertiary alicyclic amines) is 1. The van der Waals surface area contributed by atoms with Crippen LogP contribution in [0.4, 0.5) is 0 Å². The zero-order valence-electron chi connectivity index (χ0n) is 12.4. The number of hydrogen-bond acceptors (Lipinski definition) is 4. The zero-order chi connectivity index (χ0) is 15.4. The minimum Gasteiger partial charge on any atom is -0.481 e. The van der Waals surface area contributed by atoms with Crippen molar-refractivity contribution in [2.75, 3.05) is 20.2 Å². The van der Waals surface area contributed by atoms with Crippen molar-refractivity contribution in [2.24, 2.45) is 11.8 Å². The molecule has 2 atom stereocenters. The number of carbonyl (C=O) groups is 2. The number of carboxylic acids is 1. The molecule has 2 rings (SSSR count). The van der Waals surface area contributed by atoms with E-state index >= 15 is 0 Å². The number of nitrogens with zero attached hydrogens (tertiary/aromatic N) is 1. The molecule has 0 saturated carbocycles. The molecule has 5 heteroatoms. The number of esters is 1. The Labute approximate surface area is 124 Å². The van der Waals surface area contributed by atoms with Gasteiger partial charge >= 0.3 is 11.9 Å². The summed E-state index contributed by atoms with van der Waals surface area (Å²) in [5.41, 5.74) is 1.84. The van der Waals surface area contributed by atoms with E-state index < -0.39 is 5.97 Å². The lowest BCUT2D eigenvalue weighted by molar-refractivity contribution is -0.146. The monoisotopic (exact) mass is 291 g/mol. The SMILES string of the molecule is COC(=O)C1CN(Cc2ccccc2CC(=O)O)CC1C. The lowest BCUT2D eigenvalue weighted by atomic mass is 9.99. The fraction of sp³-hybridized carbons (Fsp3) is 0.500. The van der Waals surface area contributed by atoms with Gasteiger partial charge in [-0.15, -0.1) is 0 Å². The maximum Gasteiger partial charge on any atom is 0.310 e. The summed E-state index contributed by atoms with van der Waals surface area (Å²) in [6.45, 7) is 4.20. The molecule has 1 aromatic carbocycles. The molecule has 1 aliphatic heterocycles. The van der Waals surface area contributed by atoms with E-state index in [1.54, 1.807) is 0 Å². The van der Waals surface area contributed by atoms with Gasteiger partial charge in [0, 0.05) is 19.6 Å². The molecule has 0 aromatic heterocycles. The minimum atomic E-state index is -0.829. The van der Waals surface area contributed by atoms with Gasteiger partial charge in [0.25, 0.3) is 0 Å². The van der Waals surface area contributed by atoms with Crippen LogP contribution in [0, 0.1) is 11.8 Å². The average molecular weight is 291 g/mol. The summed E-state index contributed by atoms with van der Waals surface area (Å²) < 4.78 is 4.84. The fourth-order valence-corrected chi connectivity index (χ4v) is 2.94. The summed E-state index contributed by atoms with van der Waals surface area (Å²) >= 11 is 0. The highest BCUT2D eigenvalue weighted by Crippen LogP contribution is 2.26. The van der Waals surface area contributed by atoms with Crippen LogP contribution in [0.3, 0.4) is 0 Å². The van der Waals surface area contributed by atoms with E-state index in [2.05, 4.69) is 4.90 Å². The standard InChI is InChI=1S/C16H21NO4/c1-11-8-17(10-14(11)16(20)21-2)9-13-6-4-3-5-12(13)7-15(18)19/h3-6,11,14H,7-10H2,1-2H3,(H,18,19). The van der Waals surface area contributed by atoms with Crippen LogP contribution in [0.25, 0.3) is 0 Å². The Hall–Kier alpha value is -1.88. The van der Waals surface area contributed by atoms with Crippen LogP contribution < -0.4 is 0 Å². The van der Waals surface area contributed by atoms with Crippen LogP contribution in [-0.4, -0.2) is 42.1 Å². The maximum absolute atomic E-state index is 11.7. The predicted octanol–water partition coefficient (Wildman–Crippen LogP) is 1.55. The van der Waals surface area contributed by atoms with E-state index in [0.717, 1.165) is 17.7 Å². The van der Waals surface area contributed by atoms with E-state index in [9.17, 15) is 9.59 Å². The quantitative estimate of drug-likeness (QED) is 0.834. The maximum atomic E-state index is 11.7. The first-order chi connectivity index (χ1) is 10.0. The summed E-state index contributed by atoms with van der Waals surface area (Å²) in [6.07, 6.45) is 0.0278. The van der Waals surface area contributed by atoms with Gasteiger partial charge in [0.05, 0.1) is 19.4 Å². The molecule has 0 aliphatic carbocycles. The Morgan fingerprint density at radius 3 is 2.57 bits per heavy atom. The second-order valence-corrected chi connectivity index (χ2v) is 5.64. The summed E-state index contributed by atoms with van der Waals surface area (Å²) in [4.78, 5) is 24.8. The number of benzene rings is 1. The van der Waals surface area contributed by atoms with Crippen LogP contribution in [0.2, 0.25) is 0 Å². The van der Waals surface area contributed by atoms with Crippen LogP contribution in [0.1, 0.15) is 18.1 Å². The van der Waals surface area contributed by atoms with E-state index in [4.69, 9.17) is 9.84 Å². The molecule has 1 heterocycles. The molecule has 1 aromatic rings. The molecular weight excluding hydrogens is 270 g/mol. The highest BCUT2D eigenvalue weighted by Gasteiger charge is 2.35. The minimum absolute atomic E-state index is 0.0278. The van der Waals surface area contributed by atoms with E-state index in [1.807, 2.05) is 31.2 Å². The largest absolute Gasteiger partial charge is 0.481 e. The van der Waals surface area contributed by atoms with Gasteiger partial charge in [0.2, 0.25) is 0 Å². The molecular formula is C16H21NO4.